The van der Waals surface area contributed by atoms with E-state index in [2.05, 4.69) is 54.8 Å². The normalized spacial score (nSPS) is 11.5. The number of carbonyl (C=O) groups is 3. The molecule has 2 aliphatic carbocycles. The average molecular weight is 1420 g/mol. The van der Waals surface area contributed by atoms with Crippen molar-refractivity contribution in [1.82, 2.24) is 30.6 Å². The van der Waals surface area contributed by atoms with Gasteiger partial charge in [0.15, 0.2) is 29.0 Å². The largest absolute Gasteiger partial charge is 2.00 e. The number of fused-ring (bicyclic) bond motifs is 10. The number of aromatic nitrogens is 4. The molecule has 4 aromatic heterocycles. The minimum atomic E-state index is -2.15. The number of aryl methyl sites for hydroxylation is 2. The molecule has 0 spiro atoms. The topological polar surface area (TPSA) is 261 Å². The van der Waals surface area contributed by atoms with Gasteiger partial charge in [0, 0.05) is 89.3 Å². The predicted molar refractivity (Wildman–Crippen MR) is 358 cm³/mol. The number of pyridine rings is 4. The second-order valence-electron chi connectivity index (χ2n) is 21.9. The number of aromatic hydroxyl groups is 1. The Morgan fingerprint density at radius 1 is 0.577 bits per heavy atom. The molecule has 24 heteroatoms. The number of carboxylic acids is 1. The van der Waals surface area contributed by atoms with Crippen LogP contribution in [0.4, 0.5) is 22.0 Å². The molecule has 1 aliphatic heterocycles. The Balaban J connectivity index is 0.000000232. The second kappa shape index (κ2) is 31.4. The van der Waals surface area contributed by atoms with Gasteiger partial charge in [0.25, 0.3) is 0 Å². The molecule has 5 heterocycles. The number of phenols is 1. The van der Waals surface area contributed by atoms with Gasteiger partial charge in [-0.2, -0.15) is 11.4 Å². The zero-order valence-corrected chi connectivity index (χ0v) is 53.8. The molecule has 0 atom stereocenters. The van der Waals surface area contributed by atoms with Crippen molar-refractivity contribution in [3.05, 3.63) is 248 Å². The Labute approximate surface area is 567 Å². The van der Waals surface area contributed by atoms with E-state index >= 15 is 13.2 Å². The number of carbonyl (C=O) groups excluding carboxylic acids is 2. The maximum Gasteiger partial charge on any atom is 2.00 e. The van der Waals surface area contributed by atoms with E-state index in [0.717, 1.165) is 66.2 Å². The molecule has 0 saturated carbocycles. The molecule has 0 bridgehead atoms. The molecule has 3 aliphatic rings. The van der Waals surface area contributed by atoms with Crippen LogP contribution in [0.2, 0.25) is 0 Å². The van der Waals surface area contributed by atoms with Crippen LogP contribution in [0.5, 0.6) is 5.75 Å². The van der Waals surface area contributed by atoms with Crippen LogP contribution in [0.15, 0.2) is 184 Å². The third-order valence-electron chi connectivity index (χ3n) is 15.5. The van der Waals surface area contributed by atoms with Crippen LogP contribution in [0.1, 0.15) is 45.5 Å². The Bertz CT molecular complexity index is 5010. The fourth-order valence-corrected chi connectivity index (χ4v) is 11.8. The van der Waals surface area contributed by atoms with Crippen LogP contribution in [0, 0.1) is 36.0 Å². The van der Waals surface area contributed by atoms with Crippen LogP contribution in [0.25, 0.3) is 99.3 Å². The molecule has 13 rings (SSSR count). The summed E-state index contributed by atoms with van der Waals surface area (Å²) in [6.45, 7) is 2.78. The Morgan fingerprint density at radius 3 is 1.90 bits per heavy atom. The second-order valence-corrected chi connectivity index (χ2v) is 22.9. The van der Waals surface area contributed by atoms with Gasteiger partial charge in [-0.25, -0.2) is 26.7 Å². The van der Waals surface area contributed by atoms with Crippen molar-refractivity contribution >= 4 is 84.5 Å². The smallest absolute Gasteiger partial charge is 0.804 e. The molecule has 4 N–H and O–H groups in total. The van der Waals surface area contributed by atoms with E-state index in [-0.39, 0.29) is 88.1 Å². The van der Waals surface area contributed by atoms with Crippen LogP contribution in [-0.4, -0.2) is 105 Å². The third-order valence-corrected chi connectivity index (χ3v) is 16.6. The SMILES string of the molecule is Cc1ccnc(-c2cc(CCCC(=O)NCCOCCOCCNC(=O)CSc3c(F)c(F)c(C(=O)O)c(-c4c5cc(F)c(=O)cc-5oc5cc(O)c(F)cc45)c3F)ccn2)c1.[N-]=C1C(=[N-])c2c(ccc3ccccc23)-c2ccccc21.[Rh+2].c1cnc2c(c1)ccc1cccnc12. The van der Waals surface area contributed by atoms with E-state index < -0.39 is 102 Å². The number of rotatable bonds is 19. The number of aromatic carboxylic acids is 1. The summed E-state index contributed by atoms with van der Waals surface area (Å²) >= 11 is 0.180. The summed E-state index contributed by atoms with van der Waals surface area (Å²) in [5.74, 6) is -13.6. The molecule has 97 heavy (non-hydrogen) atoms. The van der Waals surface area contributed by atoms with Crippen molar-refractivity contribution in [3.8, 4) is 50.7 Å². The summed E-state index contributed by atoms with van der Waals surface area (Å²) < 4.78 is 92.7. The first kappa shape index (κ1) is 69.3. The van der Waals surface area contributed by atoms with E-state index in [9.17, 15) is 49.0 Å². The minimum absolute atomic E-state index is 0. The molecule has 6 aromatic carbocycles. The molecule has 0 unspecified atom stereocenters. The van der Waals surface area contributed by atoms with E-state index in [4.69, 9.17) is 13.9 Å². The van der Waals surface area contributed by atoms with Crippen LogP contribution < -0.4 is 16.1 Å². The monoisotopic (exact) mass is 1420 g/mol. The molecule has 491 valence electrons. The van der Waals surface area contributed by atoms with Crippen molar-refractivity contribution in [3.63, 3.8) is 0 Å². The summed E-state index contributed by atoms with van der Waals surface area (Å²) in [6.07, 6.45) is 8.72. The van der Waals surface area contributed by atoms with Gasteiger partial charge >= 0.3 is 25.4 Å². The van der Waals surface area contributed by atoms with Crippen molar-refractivity contribution < 1.29 is 79.9 Å². The number of ether oxygens (including phenoxy) is 2. The number of carboxylic acid groups (broad SMARTS) is 1. The van der Waals surface area contributed by atoms with Crippen LogP contribution in [-0.2, 0) is 45.0 Å². The Morgan fingerprint density at radius 2 is 1.21 bits per heavy atom. The predicted octanol–water partition coefficient (Wildman–Crippen LogP) is 13.8. The Kier molecular flexibility index (Phi) is 22.4. The molecule has 1 radical (unpaired) electrons. The van der Waals surface area contributed by atoms with Crippen molar-refractivity contribution in [2.24, 2.45) is 0 Å². The fourth-order valence-electron chi connectivity index (χ4n) is 11.0. The molecule has 17 nitrogen and oxygen atoms in total. The van der Waals surface area contributed by atoms with Crippen LogP contribution in [0.3, 0.4) is 0 Å². The number of hydrogen-bond acceptors (Lipinski definition) is 13. The number of benzene rings is 7. The van der Waals surface area contributed by atoms with Gasteiger partial charge in [-0.3, -0.25) is 34.3 Å². The number of halogens is 5. The zero-order valence-electron chi connectivity index (χ0n) is 51.3. The number of hydrogen-bond donors (Lipinski definition) is 4. The minimum Gasteiger partial charge on any atom is -0.804 e. The maximum atomic E-state index is 16.4. The van der Waals surface area contributed by atoms with Gasteiger partial charge in [-0.05, 0) is 112 Å². The van der Waals surface area contributed by atoms with E-state index in [1.54, 1.807) is 24.8 Å². The standard InChI is InChI=1S/C43H37F5N4O9S.C18H10N2.C12H8N2.Rh/c1-22-5-7-49-28(15-22)29-16-23(6-8-50-29)3-2-4-34(55)51-9-11-59-13-14-60-12-10-52-35(56)21-62-42-40(47)37(38(43(57)58)39(46)41(42)48)36-24-17-26(44)30(53)19-32(24)61-33-20-31(54)27(45)18-25(33)36;19-17-15-8-4-3-7-13(15)14-10-9-11-5-1-2-6-12(11)16(14)18(17)20;1-3-9-5-6-10-4-2-8-14-12(10)11(9)13-7-1;/h5-8,15-20,53H,2-4,9-14,21H2,1H3,(H,51,55)(H,52,56)(H,57,58);1-10H;1-8H;/q;-2;;+2. The van der Waals surface area contributed by atoms with Gasteiger partial charge < -0.3 is 45.6 Å². The summed E-state index contributed by atoms with van der Waals surface area (Å²) in [5, 5.41) is 49.5. The summed E-state index contributed by atoms with van der Waals surface area (Å²) in [7, 11) is 0. The van der Waals surface area contributed by atoms with E-state index in [1.165, 1.54) is 0 Å². The quantitative estimate of drug-likeness (QED) is 0.0112. The number of nitrogens with one attached hydrogen (secondary N) is 2. The first-order valence-electron chi connectivity index (χ1n) is 30.0. The van der Waals surface area contributed by atoms with Crippen molar-refractivity contribution in [1.29, 1.82) is 0 Å². The number of thioether (sulfide) groups is 1. The molecule has 0 fully saturated rings. The van der Waals surface area contributed by atoms with Crippen molar-refractivity contribution in [2.75, 3.05) is 45.3 Å². The summed E-state index contributed by atoms with van der Waals surface area (Å²) in [6, 6.07) is 41.8. The number of nitrogens with zero attached hydrogens (tertiary/aromatic N) is 6. The molecule has 0 saturated heterocycles. The van der Waals surface area contributed by atoms with Gasteiger partial charge in [0.05, 0.1) is 59.5 Å². The summed E-state index contributed by atoms with van der Waals surface area (Å²) in [5.41, 5.74) is 3.28. The molecular weight excluding hydrogens is 1360 g/mol. The van der Waals surface area contributed by atoms with Gasteiger partial charge in [-0.1, -0.05) is 84.9 Å². The van der Waals surface area contributed by atoms with Gasteiger partial charge in [-0.15, -0.1) is 11.8 Å². The first-order chi connectivity index (χ1) is 46.4. The number of amides is 2. The van der Waals surface area contributed by atoms with Crippen molar-refractivity contribution in [2.45, 2.75) is 31.1 Å². The number of phenolic OH excluding ortho intramolecular Hbond substituents is 1. The van der Waals surface area contributed by atoms with Crippen LogP contribution >= 0.6 is 11.8 Å². The zero-order chi connectivity index (χ0) is 67.6. The van der Waals surface area contributed by atoms with E-state index in [0.29, 0.717) is 54.7 Å². The Hall–Kier alpha value is -10.5. The molecular formula is C73H55F5N8O9RhS. The maximum absolute atomic E-state index is 16.4. The van der Waals surface area contributed by atoms with E-state index in [1.807, 2.05) is 104 Å². The average Bonchev–Trinajstić information content (AvgIpc) is 0.736. The summed E-state index contributed by atoms with van der Waals surface area (Å²) in [4.78, 5) is 65.5. The van der Waals surface area contributed by atoms with Gasteiger partial charge in [0.1, 0.15) is 22.7 Å². The molecule has 2 amide bonds. The first-order valence-corrected chi connectivity index (χ1v) is 31.0. The molecule has 10 aromatic rings. The third kappa shape index (κ3) is 15.6. The fraction of sp³-hybridized carbons (Fsp3) is 0.151. The van der Waals surface area contributed by atoms with Gasteiger partial charge in [0.2, 0.25) is 17.2 Å².